The number of rotatable bonds is 4. The molecule has 0 unspecified atom stereocenters. The molecule has 2 aromatic carbocycles. The molecule has 3 aromatic rings. The Morgan fingerprint density at radius 3 is 2.28 bits per heavy atom. The van der Waals surface area contributed by atoms with Gasteiger partial charge in [-0.25, -0.2) is 9.78 Å². The van der Waals surface area contributed by atoms with Crippen molar-refractivity contribution in [1.29, 1.82) is 0 Å². The predicted molar refractivity (Wildman–Crippen MR) is 115 cm³/mol. The van der Waals surface area contributed by atoms with E-state index < -0.39 is 5.97 Å². The third-order valence-electron chi connectivity index (χ3n) is 6.23. The zero-order chi connectivity index (χ0) is 19.8. The number of para-hydroxylation sites is 1. The Hall–Kier alpha value is -2.53. The molecule has 29 heavy (non-hydrogen) atoms. The van der Waals surface area contributed by atoms with Crippen LogP contribution >= 0.6 is 11.8 Å². The van der Waals surface area contributed by atoms with Gasteiger partial charge in [0.2, 0.25) is 5.82 Å². The molecule has 0 bridgehead atoms. The van der Waals surface area contributed by atoms with Gasteiger partial charge >= 0.3 is 5.97 Å². The summed E-state index contributed by atoms with van der Waals surface area (Å²) < 4.78 is 1.85. The zero-order valence-electron chi connectivity index (χ0n) is 16.2. The molecule has 2 aliphatic rings. The van der Waals surface area contributed by atoms with Crippen LogP contribution in [0.2, 0.25) is 0 Å². The summed E-state index contributed by atoms with van der Waals surface area (Å²) in [5, 5.41) is 11.2. The molecule has 1 aliphatic heterocycles. The number of aromatic nitrogens is 2. The summed E-state index contributed by atoms with van der Waals surface area (Å²) in [5.74, 6) is -0.0206. The van der Waals surface area contributed by atoms with Crippen molar-refractivity contribution in [2.24, 2.45) is 5.92 Å². The lowest BCUT2D eigenvalue weighted by Crippen LogP contribution is -2.19. The SMILES string of the molecule is O=C(O)c1nc2c(n1-c1ccccc1)S[C@@H](c1ccccc1)[C@H]2C1CCCCC1. The summed E-state index contributed by atoms with van der Waals surface area (Å²) in [5.41, 5.74) is 3.15. The van der Waals surface area contributed by atoms with Crippen molar-refractivity contribution < 1.29 is 9.90 Å². The second kappa shape index (κ2) is 7.71. The lowest BCUT2D eigenvalue weighted by molar-refractivity contribution is 0.0680. The van der Waals surface area contributed by atoms with Crippen LogP contribution in [0.5, 0.6) is 0 Å². The first kappa shape index (κ1) is 18.5. The quantitative estimate of drug-likeness (QED) is 0.572. The highest BCUT2D eigenvalue weighted by atomic mass is 32.2. The van der Waals surface area contributed by atoms with Crippen LogP contribution in [0.15, 0.2) is 65.7 Å². The molecular formula is C24H24N2O2S. The van der Waals surface area contributed by atoms with Crippen molar-refractivity contribution in [3.8, 4) is 5.69 Å². The molecule has 0 saturated heterocycles. The van der Waals surface area contributed by atoms with Gasteiger partial charge in [0.05, 0.1) is 5.69 Å². The first-order valence-corrected chi connectivity index (χ1v) is 11.2. The lowest BCUT2D eigenvalue weighted by atomic mass is 9.76. The average Bonchev–Trinajstić information content (AvgIpc) is 3.32. The van der Waals surface area contributed by atoms with E-state index in [-0.39, 0.29) is 17.0 Å². The van der Waals surface area contributed by atoms with Crippen LogP contribution in [0, 0.1) is 5.92 Å². The predicted octanol–water partition coefficient (Wildman–Crippen LogP) is 6.08. The molecular weight excluding hydrogens is 380 g/mol. The number of carbonyl (C=O) groups is 1. The Labute approximate surface area is 175 Å². The summed E-state index contributed by atoms with van der Waals surface area (Å²) in [7, 11) is 0. The number of fused-ring (bicyclic) bond motifs is 1. The second-order valence-electron chi connectivity index (χ2n) is 7.97. The number of thioether (sulfide) groups is 1. The Morgan fingerprint density at radius 1 is 0.966 bits per heavy atom. The first-order chi connectivity index (χ1) is 14.2. The molecule has 5 rings (SSSR count). The fourth-order valence-electron chi connectivity index (χ4n) is 4.93. The molecule has 0 radical (unpaired) electrons. The highest BCUT2D eigenvalue weighted by Crippen LogP contribution is 2.59. The molecule has 0 amide bonds. The average molecular weight is 405 g/mol. The Kier molecular flexibility index (Phi) is 4.92. The molecule has 2 heterocycles. The number of aromatic carboxylic acids is 1. The Bertz CT molecular complexity index is 1010. The fourth-order valence-corrected chi connectivity index (χ4v) is 6.56. The zero-order valence-corrected chi connectivity index (χ0v) is 17.0. The maximum Gasteiger partial charge on any atom is 0.372 e. The Morgan fingerprint density at radius 2 is 1.62 bits per heavy atom. The van der Waals surface area contributed by atoms with Gasteiger partial charge in [-0.05, 0) is 36.5 Å². The third kappa shape index (κ3) is 3.27. The Balaban J connectivity index is 1.66. The highest BCUT2D eigenvalue weighted by molar-refractivity contribution is 7.99. The van der Waals surface area contributed by atoms with Crippen LogP contribution in [0.25, 0.3) is 5.69 Å². The summed E-state index contributed by atoms with van der Waals surface area (Å²) >= 11 is 1.79. The molecule has 4 nitrogen and oxygen atoms in total. The number of carboxylic acids is 1. The van der Waals surface area contributed by atoms with Crippen LogP contribution in [-0.2, 0) is 0 Å². The van der Waals surface area contributed by atoms with E-state index in [1.807, 2.05) is 34.9 Å². The topological polar surface area (TPSA) is 55.1 Å². The van der Waals surface area contributed by atoms with Crippen molar-refractivity contribution in [2.75, 3.05) is 0 Å². The van der Waals surface area contributed by atoms with Gasteiger partial charge in [-0.1, -0.05) is 79.6 Å². The van der Waals surface area contributed by atoms with Crippen molar-refractivity contribution in [1.82, 2.24) is 9.55 Å². The molecule has 1 aliphatic carbocycles. The van der Waals surface area contributed by atoms with Crippen LogP contribution in [0.1, 0.15) is 65.1 Å². The van der Waals surface area contributed by atoms with Crippen LogP contribution in [0.3, 0.4) is 0 Å². The van der Waals surface area contributed by atoms with E-state index in [9.17, 15) is 9.90 Å². The maximum atomic E-state index is 12.0. The van der Waals surface area contributed by atoms with Gasteiger partial charge in [-0.3, -0.25) is 4.57 Å². The van der Waals surface area contributed by atoms with Gasteiger partial charge < -0.3 is 5.11 Å². The number of hydrogen-bond donors (Lipinski definition) is 1. The van der Waals surface area contributed by atoms with Gasteiger partial charge in [0, 0.05) is 16.9 Å². The first-order valence-electron chi connectivity index (χ1n) is 10.4. The molecule has 148 valence electrons. The smallest absolute Gasteiger partial charge is 0.372 e. The molecule has 1 aromatic heterocycles. The van der Waals surface area contributed by atoms with Crippen molar-refractivity contribution in [3.05, 3.63) is 77.7 Å². The van der Waals surface area contributed by atoms with Crippen LogP contribution in [-0.4, -0.2) is 20.6 Å². The van der Waals surface area contributed by atoms with E-state index in [1.165, 1.54) is 37.7 Å². The van der Waals surface area contributed by atoms with Crippen molar-refractivity contribution in [3.63, 3.8) is 0 Å². The molecule has 1 fully saturated rings. The molecule has 5 heteroatoms. The monoisotopic (exact) mass is 404 g/mol. The minimum atomic E-state index is -0.970. The summed E-state index contributed by atoms with van der Waals surface area (Å²) in [4.78, 5) is 16.8. The van der Waals surface area contributed by atoms with Gasteiger partial charge in [-0.2, -0.15) is 0 Å². The number of benzene rings is 2. The maximum absolute atomic E-state index is 12.0. The minimum Gasteiger partial charge on any atom is -0.475 e. The molecule has 0 spiro atoms. The largest absolute Gasteiger partial charge is 0.475 e. The molecule has 1 saturated carbocycles. The summed E-state index contributed by atoms with van der Waals surface area (Å²) in [6.45, 7) is 0. The summed E-state index contributed by atoms with van der Waals surface area (Å²) in [6.07, 6.45) is 6.23. The van der Waals surface area contributed by atoms with E-state index in [4.69, 9.17) is 4.98 Å². The van der Waals surface area contributed by atoms with E-state index in [0.717, 1.165) is 16.4 Å². The standard InChI is InChI=1S/C24H24N2O2S/c27-24(28)22-25-20-19(16-10-4-1-5-11-16)21(17-12-6-2-7-13-17)29-23(20)26(22)18-14-8-3-9-15-18/h2-3,6-9,12-16,19,21H,1,4-5,10-11H2,(H,27,28)/t19-,21-/m0/s1. The normalized spacial score (nSPS) is 21.8. The minimum absolute atomic E-state index is 0.126. The van der Waals surface area contributed by atoms with E-state index in [0.29, 0.717) is 5.92 Å². The van der Waals surface area contributed by atoms with Crippen LogP contribution in [0.4, 0.5) is 0 Å². The number of hydrogen-bond acceptors (Lipinski definition) is 3. The van der Waals surface area contributed by atoms with Gasteiger partial charge in [0.1, 0.15) is 5.03 Å². The van der Waals surface area contributed by atoms with Gasteiger partial charge in [0.15, 0.2) is 0 Å². The summed E-state index contributed by atoms with van der Waals surface area (Å²) in [6, 6.07) is 20.4. The number of imidazole rings is 1. The number of carboxylic acid groups (broad SMARTS) is 1. The molecule has 2 atom stereocenters. The second-order valence-corrected chi connectivity index (χ2v) is 9.11. The lowest BCUT2D eigenvalue weighted by Gasteiger charge is -2.31. The highest BCUT2D eigenvalue weighted by Gasteiger charge is 2.44. The van der Waals surface area contributed by atoms with Crippen LogP contribution < -0.4 is 0 Å². The van der Waals surface area contributed by atoms with Crippen molar-refractivity contribution >= 4 is 17.7 Å². The third-order valence-corrected chi connectivity index (χ3v) is 7.67. The van der Waals surface area contributed by atoms with Crippen molar-refractivity contribution in [2.45, 2.75) is 48.3 Å². The van der Waals surface area contributed by atoms with Gasteiger partial charge in [0.25, 0.3) is 0 Å². The molecule has 1 N–H and O–H groups in total. The number of nitrogens with zero attached hydrogens (tertiary/aromatic N) is 2. The van der Waals surface area contributed by atoms with E-state index in [2.05, 4.69) is 30.3 Å². The fraction of sp³-hybridized carbons (Fsp3) is 0.333. The van der Waals surface area contributed by atoms with Gasteiger partial charge in [-0.15, -0.1) is 0 Å². The van der Waals surface area contributed by atoms with E-state index in [1.54, 1.807) is 11.8 Å². The van der Waals surface area contributed by atoms with E-state index >= 15 is 0 Å².